The van der Waals surface area contributed by atoms with E-state index in [1.807, 2.05) is 43.3 Å². The van der Waals surface area contributed by atoms with Crippen LogP contribution in [0.1, 0.15) is 36.2 Å². The summed E-state index contributed by atoms with van der Waals surface area (Å²) in [6.07, 6.45) is 2.72. The zero-order chi connectivity index (χ0) is 21.8. The third-order valence-electron chi connectivity index (χ3n) is 5.35. The maximum atomic E-state index is 13.1. The zero-order valence-electron chi connectivity index (χ0n) is 17.2. The number of halogens is 2. The lowest BCUT2D eigenvalue weighted by Gasteiger charge is -2.15. The Labute approximate surface area is 185 Å². The molecule has 2 heterocycles. The van der Waals surface area contributed by atoms with Gasteiger partial charge in [-0.05, 0) is 66.9 Å². The smallest absolute Gasteiger partial charge is 0.220 e. The molecule has 0 aliphatic rings. The van der Waals surface area contributed by atoms with Crippen molar-refractivity contribution in [1.82, 2.24) is 14.9 Å². The second-order valence-electron chi connectivity index (χ2n) is 7.61. The molecule has 0 bridgehead atoms. The molecule has 1 amide bonds. The van der Waals surface area contributed by atoms with Crippen LogP contribution in [0.4, 0.5) is 4.39 Å². The predicted molar refractivity (Wildman–Crippen MR) is 122 cm³/mol. The molecular weight excluding hydrogens is 413 g/mol. The highest BCUT2D eigenvalue weighted by Gasteiger charge is 2.14. The molecule has 1 atom stereocenters. The second-order valence-corrected chi connectivity index (χ2v) is 8.04. The molecule has 0 aliphatic heterocycles. The van der Waals surface area contributed by atoms with Crippen LogP contribution >= 0.6 is 11.6 Å². The van der Waals surface area contributed by atoms with E-state index < -0.39 is 0 Å². The Morgan fingerprint density at radius 2 is 1.87 bits per heavy atom. The van der Waals surface area contributed by atoms with Crippen LogP contribution in [-0.2, 0) is 17.8 Å². The molecule has 0 aliphatic carbocycles. The van der Waals surface area contributed by atoms with Crippen molar-refractivity contribution < 1.29 is 9.18 Å². The van der Waals surface area contributed by atoms with Crippen LogP contribution in [-0.4, -0.2) is 15.5 Å². The summed E-state index contributed by atoms with van der Waals surface area (Å²) < 4.78 is 15.3. The summed E-state index contributed by atoms with van der Waals surface area (Å²) >= 11 is 6.02. The molecule has 0 saturated carbocycles. The summed E-state index contributed by atoms with van der Waals surface area (Å²) in [6.45, 7) is 2.55. The molecule has 6 heteroatoms. The monoisotopic (exact) mass is 435 g/mol. The summed E-state index contributed by atoms with van der Waals surface area (Å²) in [4.78, 5) is 17.1. The number of hydrogen-bond donors (Lipinski definition) is 1. The van der Waals surface area contributed by atoms with E-state index in [2.05, 4.69) is 20.9 Å². The van der Waals surface area contributed by atoms with Crippen LogP contribution < -0.4 is 5.32 Å². The van der Waals surface area contributed by atoms with Gasteiger partial charge in [0.2, 0.25) is 5.91 Å². The molecule has 4 aromatic rings. The first kappa shape index (κ1) is 21.1. The van der Waals surface area contributed by atoms with E-state index in [9.17, 15) is 9.18 Å². The number of benzene rings is 2. The molecule has 0 unspecified atom stereocenters. The maximum absolute atomic E-state index is 13.1. The molecule has 1 N–H and O–H groups in total. The average molecular weight is 436 g/mol. The highest BCUT2D eigenvalue weighted by molar-refractivity contribution is 6.30. The average Bonchev–Trinajstić information content (AvgIpc) is 3.11. The van der Waals surface area contributed by atoms with Crippen molar-refractivity contribution in [2.45, 2.75) is 32.4 Å². The molecule has 0 saturated heterocycles. The fourth-order valence-corrected chi connectivity index (χ4v) is 3.81. The largest absolute Gasteiger partial charge is 0.350 e. The number of aryl methyl sites for hydroxylation is 1. The third kappa shape index (κ3) is 5.12. The van der Waals surface area contributed by atoms with Crippen molar-refractivity contribution in [2.24, 2.45) is 0 Å². The van der Waals surface area contributed by atoms with Crippen molar-refractivity contribution in [1.29, 1.82) is 0 Å². The number of nitrogens with one attached hydrogen (secondary N) is 1. The Kier molecular flexibility index (Phi) is 6.33. The van der Waals surface area contributed by atoms with E-state index in [-0.39, 0.29) is 17.8 Å². The van der Waals surface area contributed by atoms with Crippen LogP contribution in [0.15, 0.2) is 72.9 Å². The molecule has 4 rings (SSSR count). The number of fused-ring (bicyclic) bond motifs is 1. The molecule has 2 aromatic heterocycles. The SMILES string of the molecule is C[C@H](NC(=O)CCc1cc2cccnc2n1Cc1ccc(Cl)cc1)c1ccc(F)cc1. The Balaban J connectivity index is 1.48. The quantitative estimate of drug-likeness (QED) is 0.405. The number of pyridine rings is 1. The topological polar surface area (TPSA) is 46.9 Å². The maximum Gasteiger partial charge on any atom is 0.220 e. The zero-order valence-corrected chi connectivity index (χ0v) is 17.9. The van der Waals surface area contributed by atoms with Gasteiger partial charge in [-0.25, -0.2) is 9.37 Å². The Bertz CT molecular complexity index is 1190. The lowest BCUT2D eigenvalue weighted by molar-refractivity contribution is -0.121. The van der Waals surface area contributed by atoms with Crippen molar-refractivity contribution >= 4 is 28.5 Å². The lowest BCUT2D eigenvalue weighted by atomic mass is 10.1. The molecule has 2 aromatic carbocycles. The van der Waals surface area contributed by atoms with Crippen LogP contribution in [0.2, 0.25) is 5.02 Å². The van der Waals surface area contributed by atoms with E-state index in [0.29, 0.717) is 24.4 Å². The standard InChI is InChI=1S/C25H23ClFN3O/c1-17(19-6-10-22(27)11-7-19)29-24(31)13-12-23-15-20-3-2-14-28-25(20)30(23)16-18-4-8-21(26)9-5-18/h2-11,14-15,17H,12-13,16H2,1H3,(H,29,31)/t17-/m0/s1. The van der Waals surface area contributed by atoms with Gasteiger partial charge < -0.3 is 9.88 Å². The molecule has 0 radical (unpaired) electrons. The second kappa shape index (κ2) is 9.31. The van der Waals surface area contributed by atoms with Crippen molar-refractivity contribution in [3.63, 3.8) is 0 Å². The van der Waals surface area contributed by atoms with Gasteiger partial charge in [0.1, 0.15) is 11.5 Å². The normalized spacial score (nSPS) is 12.1. The van der Waals surface area contributed by atoms with Gasteiger partial charge in [-0.15, -0.1) is 0 Å². The van der Waals surface area contributed by atoms with Crippen LogP contribution in [0.3, 0.4) is 0 Å². The van der Waals surface area contributed by atoms with Gasteiger partial charge in [0.25, 0.3) is 0 Å². The van der Waals surface area contributed by atoms with Crippen LogP contribution in [0.5, 0.6) is 0 Å². The summed E-state index contributed by atoms with van der Waals surface area (Å²) in [6, 6.07) is 19.8. The minimum atomic E-state index is -0.288. The fourth-order valence-electron chi connectivity index (χ4n) is 3.69. The van der Waals surface area contributed by atoms with Crippen LogP contribution in [0, 0.1) is 5.82 Å². The van der Waals surface area contributed by atoms with Gasteiger partial charge in [-0.2, -0.15) is 0 Å². The summed E-state index contributed by atoms with van der Waals surface area (Å²) in [5, 5.41) is 4.74. The number of aromatic nitrogens is 2. The van der Waals surface area contributed by atoms with E-state index in [1.165, 1.54) is 12.1 Å². The van der Waals surface area contributed by atoms with Crippen molar-refractivity contribution in [2.75, 3.05) is 0 Å². The number of amides is 1. The van der Waals surface area contributed by atoms with Crippen molar-refractivity contribution in [3.8, 4) is 0 Å². The summed E-state index contributed by atoms with van der Waals surface area (Å²) in [5.41, 5.74) is 3.93. The van der Waals surface area contributed by atoms with Gasteiger partial charge in [0, 0.05) is 35.3 Å². The highest BCUT2D eigenvalue weighted by Crippen LogP contribution is 2.22. The first-order valence-electron chi connectivity index (χ1n) is 10.2. The number of nitrogens with zero attached hydrogens (tertiary/aromatic N) is 2. The Hall–Kier alpha value is -3.18. The minimum Gasteiger partial charge on any atom is -0.350 e. The predicted octanol–water partition coefficient (Wildman–Crippen LogP) is 5.69. The van der Waals surface area contributed by atoms with E-state index >= 15 is 0 Å². The van der Waals surface area contributed by atoms with Gasteiger partial charge in [-0.3, -0.25) is 4.79 Å². The first-order valence-corrected chi connectivity index (χ1v) is 10.6. The number of carbonyl (C=O) groups is 1. The minimum absolute atomic E-state index is 0.0481. The Morgan fingerprint density at radius 1 is 1.13 bits per heavy atom. The van der Waals surface area contributed by atoms with E-state index in [1.54, 1.807) is 18.3 Å². The summed E-state index contributed by atoms with van der Waals surface area (Å²) in [7, 11) is 0. The highest BCUT2D eigenvalue weighted by atomic mass is 35.5. The molecule has 31 heavy (non-hydrogen) atoms. The molecule has 158 valence electrons. The fraction of sp³-hybridized carbons (Fsp3) is 0.200. The van der Waals surface area contributed by atoms with Gasteiger partial charge >= 0.3 is 0 Å². The summed E-state index contributed by atoms with van der Waals surface area (Å²) in [5.74, 6) is -0.336. The third-order valence-corrected chi connectivity index (χ3v) is 5.60. The van der Waals surface area contributed by atoms with E-state index in [4.69, 9.17) is 11.6 Å². The van der Waals surface area contributed by atoms with Crippen molar-refractivity contribution in [3.05, 3.63) is 101 Å². The lowest BCUT2D eigenvalue weighted by Crippen LogP contribution is -2.27. The molecule has 4 nitrogen and oxygen atoms in total. The van der Waals surface area contributed by atoms with E-state index in [0.717, 1.165) is 27.9 Å². The number of rotatable bonds is 7. The first-order chi connectivity index (χ1) is 15.0. The molecule has 0 fully saturated rings. The van der Waals surface area contributed by atoms with Gasteiger partial charge in [0.05, 0.1) is 6.04 Å². The molecular formula is C25H23ClFN3O. The van der Waals surface area contributed by atoms with Crippen LogP contribution in [0.25, 0.3) is 11.0 Å². The number of hydrogen-bond acceptors (Lipinski definition) is 2. The van der Waals surface area contributed by atoms with Gasteiger partial charge in [0.15, 0.2) is 0 Å². The number of carbonyl (C=O) groups excluding carboxylic acids is 1. The Morgan fingerprint density at radius 3 is 2.61 bits per heavy atom. The molecule has 0 spiro atoms. The van der Waals surface area contributed by atoms with Gasteiger partial charge in [-0.1, -0.05) is 35.9 Å².